The maximum absolute atomic E-state index is 5.69. The molecule has 122 valence electrons. The van der Waals surface area contributed by atoms with Crippen LogP contribution in [0, 0.1) is 11.8 Å². The monoisotopic (exact) mass is 319 g/mol. The zero-order chi connectivity index (χ0) is 17.4. The minimum absolute atomic E-state index is 0.608. The van der Waals surface area contributed by atoms with Crippen LogP contribution < -0.4 is 22.3 Å². The molecule has 1 aliphatic rings. The second kappa shape index (κ2) is 8.42. The minimum Gasteiger partial charge on any atom is -0.404 e. The molecule has 1 aromatic carbocycles. The molecule has 0 atom stereocenters. The van der Waals surface area contributed by atoms with Crippen molar-refractivity contribution in [2.24, 2.45) is 16.6 Å². The fourth-order valence-corrected chi connectivity index (χ4v) is 2.25. The van der Waals surface area contributed by atoms with Crippen LogP contribution in [0.3, 0.4) is 0 Å². The SMILES string of the molecule is C=C/C(NN)=C(C=C)/C(C#Cc1ccc(C2=NCCN2)cc1)=C\N. The van der Waals surface area contributed by atoms with Gasteiger partial charge in [-0.3, -0.25) is 10.8 Å². The Morgan fingerprint density at radius 1 is 1.25 bits per heavy atom. The van der Waals surface area contributed by atoms with Crippen molar-refractivity contribution in [1.82, 2.24) is 10.7 Å². The van der Waals surface area contributed by atoms with Gasteiger partial charge >= 0.3 is 0 Å². The summed E-state index contributed by atoms with van der Waals surface area (Å²) in [4.78, 5) is 4.39. The van der Waals surface area contributed by atoms with E-state index in [1.54, 1.807) is 12.2 Å². The molecule has 0 saturated heterocycles. The van der Waals surface area contributed by atoms with Gasteiger partial charge in [0.05, 0.1) is 12.2 Å². The molecule has 0 radical (unpaired) electrons. The number of nitrogens with zero attached hydrogens (tertiary/aromatic N) is 1. The van der Waals surface area contributed by atoms with Gasteiger partial charge in [-0.2, -0.15) is 0 Å². The summed E-state index contributed by atoms with van der Waals surface area (Å²) in [5, 5.41) is 3.24. The van der Waals surface area contributed by atoms with Gasteiger partial charge in [0, 0.05) is 35.0 Å². The van der Waals surface area contributed by atoms with Crippen molar-refractivity contribution in [3.8, 4) is 11.8 Å². The molecule has 1 aromatic rings. The topological polar surface area (TPSA) is 88.5 Å². The number of benzene rings is 1. The van der Waals surface area contributed by atoms with E-state index in [9.17, 15) is 0 Å². The average molecular weight is 319 g/mol. The number of hydrazine groups is 1. The molecule has 5 heteroatoms. The number of nitrogens with two attached hydrogens (primary N) is 2. The van der Waals surface area contributed by atoms with Gasteiger partial charge in [0.2, 0.25) is 0 Å². The molecule has 0 bridgehead atoms. The highest BCUT2D eigenvalue weighted by atomic mass is 15.2. The first-order chi connectivity index (χ1) is 11.7. The van der Waals surface area contributed by atoms with Crippen molar-refractivity contribution in [1.29, 1.82) is 0 Å². The number of rotatable bonds is 5. The van der Waals surface area contributed by atoms with Crippen LogP contribution in [-0.2, 0) is 0 Å². The fraction of sp³-hybridized carbons (Fsp3) is 0.105. The smallest absolute Gasteiger partial charge is 0.128 e. The van der Waals surface area contributed by atoms with E-state index in [1.807, 2.05) is 24.3 Å². The second-order valence-electron chi connectivity index (χ2n) is 4.94. The first-order valence-electron chi connectivity index (χ1n) is 7.52. The van der Waals surface area contributed by atoms with Crippen molar-refractivity contribution >= 4 is 5.84 Å². The highest BCUT2D eigenvalue weighted by Gasteiger charge is 2.07. The Hall–Kier alpha value is -3.23. The van der Waals surface area contributed by atoms with Crippen molar-refractivity contribution in [3.63, 3.8) is 0 Å². The van der Waals surface area contributed by atoms with Gasteiger partial charge in [-0.25, -0.2) is 0 Å². The molecular weight excluding hydrogens is 298 g/mol. The molecule has 0 saturated carbocycles. The molecule has 1 aliphatic heterocycles. The Morgan fingerprint density at radius 2 is 2.00 bits per heavy atom. The molecule has 1 heterocycles. The molecule has 0 spiro atoms. The van der Waals surface area contributed by atoms with E-state index >= 15 is 0 Å². The summed E-state index contributed by atoms with van der Waals surface area (Å²) in [6.45, 7) is 9.18. The van der Waals surface area contributed by atoms with Gasteiger partial charge in [0.25, 0.3) is 0 Å². The first kappa shape index (κ1) is 17.1. The van der Waals surface area contributed by atoms with E-state index in [-0.39, 0.29) is 0 Å². The zero-order valence-electron chi connectivity index (χ0n) is 13.5. The normalized spacial score (nSPS) is 14.5. The van der Waals surface area contributed by atoms with Gasteiger partial charge < -0.3 is 16.5 Å². The number of hydrogen-bond donors (Lipinski definition) is 4. The van der Waals surface area contributed by atoms with Crippen LogP contribution in [0.4, 0.5) is 0 Å². The lowest BCUT2D eigenvalue weighted by atomic mass is 10.0. The van der Waals surface area contributed by atoms with Crippen LogP contribution >= 0.6 is 0 Å². The van der Waals surface area contributed by atoms with Gasteiger partial charge in [-0.05, 0) is 18.2 Å². The predicted molar refractivity (Wildman–Crippen MR) is 99.7 cm³/mol. The molecule has 0 fully saturated rings. The van der Waals surface area contributed by atoms with E-state index < -0.39 is 0 Å². The van der Waals surface area contributed by atoms with E-state index in [0.717, 1.165) is 30.1 Å². The Balaban J connectivity index is 2.25. The van der Waals surface area contributed by atoms with Crippen molar-refractivity contribution in [3.05, 3.63) is 83.7 Å². The van der Waals surface area contributed by atoms with E-state index in [1.165, 1.54) is 6.20 Å². The summed E-state index contributed by atoms with van der Waals surface area (Å²) in [6, 6.07) is 7.89. The average Bonchev–Trinajstić information content (AvgIpc) is 3.16. The van der Waals surface area contributed by atoms with Crippen molar-refractivity contribution in [2.75, 3.05) is 13.1 Å². The molecule has 24 heavy (non-hydrogen) atoms. The molecule has 2 rings (SSSR count). The Bertz CT molecular complexity index is 770. The van der Waals surface area contributed by atoms with Crippen LogP contribution in [0.25, 0.3) is 0 Å². The lowest BCUT2D eigenvalue weighted by molar-refractivity contribution is 0.908. The molecule has 0 amide bonds. The van der Waals surface area contributed by atoms with E-state index in [2.05, 4.69) is 40.7 Å². The van der Waals surface area contributed by atoms with Crippen LogP contribution in [0.15, 0.2) is 77.6 Å². The Kier molecular flexibility index (Phi) is 6.01. The molecular formula is C19H21N5. The number of amidine groups is 1. The Morgan fingerprint density at radius 3 is 2.50 bits per heavy atom. The second-order valence-corrected chi connectivity index (χ2v) is 4.94. The van der Waals surface area contributed by atoms with E-state index in [0.29, 0.717) is 16.8 Å². The lowest BCUT2D eigenvalue weighted by Crippen LogP contribution is -2.21. The third-order valence-corrected chi connectivity index (χ3v) is 3.48. The first-order valence-corrected chi connectivity index (χ1v) is 7.52. The fourth-order valence-electron chi connectivity index (χ4n) is 2.25. The maximum atomic E-state index is 5.69. The molecule has 6 N–H and O–H groups in total. The van der Waals surface area contributed by atoms with Gasteiger partial charge in [0.1, 0.15) is 5.84 Å². The summed E-state index contributed by atoms with van der Waals surface area (Å²) >= 11 is 0. The quantitative estimate of drug-likeness (QED) is 0.285. The molecule has 5 nitrogen and oxygen atoms in total. The summed E-state index contributed by atoms with van der Waals surface area (Å²) in [5.41, 5.74) is 12.1. The maximum Gasteiger partial charge on any atom is 0.128 e. The number of aliphatic imine (C=N–C) groups is 1. The lowest BCUT2D eigenvalue weighted by Gasteiger charge is -2.07. The van der Waals surface area contributed by atoms with Gasteiger partial charge in [-0.15, -0.1) is 0 Å². The third kappa shape index (κ3) is 3.94. The standard InChI is InChI=1S/C19H21N5/c1-3-17(18(4-2)24-21)16(13-20)10-7-14-5-8-15(9-6-14)19-22-11-12-23-19/h3-6,8-9,13,24H,1-2,11-12,20-21H2,(H,22,23)/b16-13-,18-17-. The van der Waals surface area contributed by atoms with Crippen LogP contribution in [0.2, 0.25) is 0 Å². The van der Waals surface area contributed by atoms with Crippen LogP contribution in [0.1, 0.15) is 11.1 Å². The predicted octanol–water partition coefficient (Wildman–Crippen LogP) is 1.32. The van der Waals surface area contributed by atoms with Crippen LogP contribution in [-0.4, -0.2) is 18.9 Å². The minimum atomic E-state index is 0.608. The van der Waals surface area contributed by atoms with Crippen LogP contribution in [0.5, 0.6) is 0 Å². The largest absolute Gasteiger partial charge is 0.404 e. The number of allylic oxidation sites excluding steroid dienone is 4. The number of nitrogens with one attached hydrogen (secondary N) is 2. The summed E-state index contributed by atoms with van der Waals surface area (Å²) in [5.74, 6) is 12.5. The number of hydrogen-bond acceptors (Lipinski definition) is 5. The highest BCUT2D eigenvalue weighted by molar-refractivity contribution is 5.99. The summed E-state index contributed by atoms with van der Waals surface area (Å²) < 4.78 is 0. The third-order valence-electron chi connectivity index (χ3n) is 3.48. The summed E-state index contributed by atoms with van der Waals surface area (Å²) in [6.07, 6.45) is 4.65. The van der Waals surface area contributed by atoms with Crippen molar-refractivity contribution in [2.45, 2.75) is 0 Å². The van der Waals surface area contributed by atoms with Crippen molar-refractivity contribution < 1.29 is 0 Å². The molecule has 0 unspecified atom stereocenters. The van der Waals surface area contributed by atoms with Gasteiger partial charge in [0.15, 0.2) is 0 Å². The highest BCUT2D eigenvalue weighted by Crippen LogP contribution is 2.14. The van der Waals surface area contributed by atoms with Gasteiger partial charge in [-0.1, -0.05) is 43.2 Å². The summed E-state index contributed by atoms with van der Waals surface area (Å²) in [7, 11) is 0. The Labute approximate surface area is 142 Å². The molecule has 0 aliphatic carbocycles. The molecule has 0 aromatic heterocycles. The van der Waals surface area contributed by atoms with E-state index in [4.69, 9.17) is 11.6 Å². The zero-order valence-corrected chi connectivity index (χ0v) is 13.5.